The maximum Gasteiger partial charge on any atom is 0.262 e. The van der Waals surface area contributed by atoms with E-state index in [1.807, 2.05) is 37.3 Å². The van der Waals surface area contributed by atoms with E-state index in [4.69, 9.17) is 4.74 Å². The van der Waals surface area contributed by atoms with Gasteiger partial charge in [0.25, 0.3) is 11.3 Å². The minimum absolute atomic E-state index is 0.110. The lowest BCUT2D eigenvalue weighted by Crippen LogP contribution is -2.20. The van der Waals surface area contributed by atoms with E-state index in [1.54, 1.807) is 22.4 Å². The Morgan fingerprint density at radius 2 is 2.04 bits per heavy atom. The third-order valence-electron chi connectivity index (χ3n) is 4.04. The summed E-state index contributed by atoms with van der Waals surface area (Å²) in [5.74, 6) is 1.10. The molecule has 0 N–H and O–H groups in total. The molecule has 0 radical (unpaired) electrons. The molecule has 0 bridgehead atoms. The molecule has 0 fully saturated rings. The summed E-state index contributed by atoms with van der Waals surface area (Å²) in [6.45, 7) is 2.51. The van der Waals surface area contributed by atoms with Crippen molar-refractivity contribution in [2.45, 2.75) is 13.5 Å². The third-order valence-corrected chi connectivity index (χ3v) is 4.04. The Labute approximate surface area is 137 Å². The van der Waals surface area contributed by atoms with Gasteiger partial charge in [0.2, 0.25) is 0 Å². The smallest absolute Gasteiger partial charge is 0.262 e. The highest BCUT2D eigenvalue weighted by atomic mass is 16.5. The molecule has 4 rings (SSSR count). The fourth-order valence-corrected chi connectivity index (χ4v) is 2.90. The second kappa shape index (κ2) is 5.45. The third kappa shape index (κ3) is 1.98. The lowest BCUT2D eigenvalue weighted by molar-refractivity contribution is 0.416. The fourth-order valence-electron chi connectivity index (χ4n) is 2.90. The molecule has 0 atom stereocenters. The van der Waals surface area contributed by atoms with Gasteiger partial charge < -0.3 is 9.30 Å². The van der Waals surface area contributed by atoms with Gasteiger partial charge in [0, 0.05) is 18.3 Å². The largest absolute Gasteiger partial charge is 0.496 e. The number of ether oxygens (including phenoxy) is 1. The van der Waals surface area contributed by atoms with Crippen molar-refractivity contribution in [1.29, 1.82) is 0 Å². The van der Waals surface area contributed by atoms with Crippen LogP contribution in [0.4, 0.5) is 0 Å². The number of methoxy groups -OCH3 is 1. The fraction of sp³-hybridized carbons (Fsp3) is 0.176. The molecule has 7 heteroatoms. The zero-order valence-corrected chi connectivity index (χ0v) is 13.3. The van der Waals surface area contributed by atoms with Crippen LogP contribution in [0.15, 0.2) is 47.7 Å². The molecular weight excluding hydrogens is 306 g/mol. The van der Waals surface area contributed by atoms with Gasteiger partial charge in [-0.1, -0.05) is 12.1 Å². The molecule has 3 heterocycles. The van der Waals surface area contributed by atoms with Crippen LogP contribution in [0.5, 0.6) is 5.75 Å². The molecule has 120 valence electrons. The number of aromatic nitrogens is 5. The van der Waals surface area contributed by atoms with Crippen LogP contribution in [0.2, 0.25) is 0 Å². The Kier molecular flexibility index (Phi) is 3.26. The SMILES string of the molecule is CCn1ccc2nc3ncnn3c(-c3ccccc3OC)c2c1=O. The number of hydrogen-bond acceptors (Lipinski definition) is 5. The Balaban J connectivity index is 2.25. The van der Waals surface area contributed by atoms with E-state index >= 15 is 0 Å². The van der Waals surface area contributed by atoms with Crippen LogP contribution in [0, 0.1) is 0 Å². The average molecular weight is 321 g/mol. The van der Waals surface area contributed by atoms with Crippen LogP contribution in [0.1, 0.15) is 6.92 Å². The summed E-state index contributed by atoms with van der Waals surface area (Å²) < 4.78 is 8.71. The molecule has 0 saturated heterocycles. The van der Waals surface area contributed by atoms with Crippen molar-refractivity contribution in [2.24, 2.45) is 0 Å². The molecule has 0 aliphatic carbocycles. The summed E-state index contributed by atoms with van der Waals surface area (Å²) in [5, 5.41) is 4.76. The summed E-state index contributed by atoms with van der Waals surface area (Å²) in [4.78, 5) is 21.6. The molecule has 0 saturated carbocycles. The number of para-hydroxylation sites is 1. The van der Waals surface area contributed by atoms with Crippen molar-refractivity contribution in [3.05, 3.63) is 53.2 Å². The van der Waals surface area contributed by atoms with E-state index in [9.17, 15) is 4.79 Å². The van der Waals surface area contributed by atoms with Crippen LogP contribution < -0.4 is 10.3 Å². The van der Waals surface area contributed by atoms with Crippen molar-refractivity contribution in [3.63, 3.8) is 0 Å². The minimum Gasteiger partial charge on any atom is -0.496 e. The standard InChI is InChI=1S/C17H15N5O2/c1-3-21-9-8-12-14(16(21)23)15(22-17(20-12)18-10-19-22)11-6-4-5-7-13(11)24-2/h4-10H,3H2,1-2H3. The number of fused-ring (bicyclic) bond motifs is 2. The maximum absolute atomic E-state index is 12.9. The molecule has 0 aliphatic heterocycles. The number of aryl methyl sites for hydroxylation is 1. The molecule has 1 aromatic carbocycles. The van der Waals surface area contributed by atoms with Gasteiger partial charge in [0.05, 0.1) is 23.7 Å². The van der Waals surface area contributed by atoms with E-state index < -0.39 is 0 Å². The van der Waals surface area contributed by atoms with E-state index in [-0.39, 0.29) is 5.56 Å². The van der Waals surface area contributed by atoms with E-state index in [0.717, 1.165) is 5.56 Å². The predicted molar refractivity (Wildman–Crippen MR) is 90.2 cm³/mol. The van der Waals surface area contributed by atoms with Gasteiger partial charge in [-0.25, -0.2) is 4.98 Å². The molecular formula is C17H15N5O2. The molecule has 3 aromatic heterocycles. The monoisotopic (exact) mass is 321 g/mol. The molecule has 0 aliphatic rings. The first-order valence-electron chi connectivity index (χ1n) is 7.61. The second-order valence-corrected chi connectivity index (χ2v) is 5.30. The van der Waals surface area contributed by atoms with Gasteiger partial charge in [-0.05, 0) is 25.1 Å². The van der Waals surface area contributed by atoms with Gasteiger partial charge in [-0.15, -0.1) is 0 Å². The number of benzene rings is 1. The van der Waals surface area contributed by atoms with Crippen molar-refractivity contribution in [2.75, 3.05) is 7.11 Å². The van der Waals surface area contributed by atoms with Gasteiger partial charge >= 0.3 is 0 Å². The van der Waals surface area contributed by atoms with Gasteiger partial charge in [-0.3, -0.25) is 4.79 Å². The maximum atomic E-state index is 12.9. The second-order valence-electron chi connectivity index (χ2n) is 5.30. The van der Waals surface area contributed by atoms with Crippen LogP contribution in [0.3, 0.4) is 0 Å². The highest BCUT2D eigenvalue weighted by Crippen LogP contribution is 2.32. The summed E-state index contributed by atoms with van der Waals surface area (Å²) in [6, 6.07) is 9.36. The zero-order chi connectivity index (χ0) is 16.7. The van der Waals surface area contributed by atoms with E-state index in [2.05, 4.69) is 15.1 Å². The van der Waals surface area contributed by atoms with Crippen molar-refractivity contribution >= 4 is 16.7 Å². The van der Waals surface area contributed by atoms with Gasteiger partial charge in [0.15, 0.2) is 0 Å². The lowest BCUT2D eigenvalue weighted by atomic mass is 10.1. The van der Waals surface area contributed by atoms with E-state index in [1.165, 1.54) is 6.33 Å². The summed E-state index contributed by atoms with van der Waals surface area (Å²) in [5.41, 5.74) is 1.89. The minimum atomic E-state index is -0.110. The normalized spacial score (nSPS) is 11.2. The average Bonchev–Trinajstić information content (AvgIpc) is 3.08. The van der Waals surface area contributed by atoms with Crippen molar-refractivity contribution in [1.82, 2.24) is 24.1 Å². The zero-order valence-electron chi connectivity index (χ0n) is 13.3. The number of hydrogen-bond donors (Lipinski definition) is 0. The molecule has 0 amide bonds. The lowest BCUT2D eigenvalue weighted by Gasteiger charge is -2.13. The van der Waals surface area contributed by atoms with Crippen molar-refractivity contribution < 1.29 is 4.74 Å². The Morgan fingerprint density at radius 1 is 1.21 bits per heavy atom. The first-order valence-corrected chi connectivity index (χ1v) is 7.61. The quantitative estimate of drug-likeness (QED) is 0.578. The van der Waals surface area contributed by atoms with Crippen LogP contribution in [0.25, 0.3) is 27.9 Å². The Hall–Kier alpha value is -3.22. The van der Waals surface area contributed by atoms with Gasteiger partial charge in [0.1, 0.15) is 12.1 Å². The molecule has 0 unspecified atom stereocenters. The Bertz CT molecular complexity index is 1110. The summed E-state index contributed by atoms with van der Waals surface area (Å²) in [7, 11) is 1.60. The number of pyridine rings is 1. The molecule has 24 heavy (non-hydrogen) atoms. The first-order chi connectivity index (χ1) is 11.7. The number of rotatable bonds is 3. The van der Waals surface area contributed by atoms with Crippen molar-refractivity contribution in [3.8, 4) is 17.0 Å². The molecule has 7 nitrogen and oxygen atoms in total. The summed E-state index contributed by atoms with van der Waals surface area (Å²) in [6.07, 6.45) is 3.18. The van der Waals surface area contributed by atoms with E-state index in [0.29, 0.717) is 34.7 Å². The highest BCUT2D eigenvalue weighted by molar-refractivity contribution is 5.94. The van der Waals surface area contributed by atoms with Crippen LogP contribution >= 0.6 is 0 Å². The summed E-state index contributed by atoms with van der Waals surface area (Å²) >= 11 is 0. The van der Waals surface area contributed by atoms with Gasteiger partial charge in [-0.2, -0.15) is 14.6 Å². The highest BCUT2D eigenvalue weighted by Gasteiger charge is 2.19. The first kappa shape index (κ1) is 14.4. The molecule has 0 spiro atoms. The predicted octanol–water partition coefficient (Wildman–Crippen LogP) is 2.13. The Morgan fingerprint density at radius 3 is 2.83 bits per heavy atom. The number of nitrogens with zero attached hydrogens (tertiary/aromatic N) is 5. The topological polar surface area (TPSA) is 74.3 Å². The molecule has 4 aromatic rings. The van der Waals surface area contributed by atoms with Crippen LogP contribution in [-0.2, 0) is 6.54 Å². The van der Waals surface area contributed by atoms with Crippen LogP contribution in [-0.4, -0.2) is 31.3 Å².